The summed E-state index contributed by atoms with van der Waals surface area (Å²) in [5.74, 6) is -0.731. The van der Waals surface area contributed by atoms with Crippen LogP contribution in [0, 0.1) is 5.92 Å². The van der Waals surface area contributed by atoms with Gasteiger partial charge in [0.1, 0.15) is 5.78 Å². The summed E-state index contributed by atoms with van der Waals surface area (Å²) < 4.78 is 4.59. The lowest BCUT2D eigenvalue weighted by atomic mass is 9.81. The van der Waals surface area contributed by atoms with E-state index in [2.05, 4.69) is 10.1 Å². The lowest BCUT2D eigenvalue weighted by molar-refractivity contribution is -0.142. The molecular weight excluding hydrogens is 222 g/mol. The summed E-state index contributed by atoms with van der Waals surface area (Å²) in [6.45, 7) is 1.39. The summed E-state index contributed by atoms with van der Waals surface area (Å²) >= 11 is 0. The molecule has 0 saturated heterocycles. The number of carbonyl (C=O) groups is 3. The molecule has 5 heteroatoms. The highest BCUT2D eigenvalue weighted by molar-refractivity contribution is 5.84. The highest BCUT2D eigenvalue weighted by Crippen LogP contribution is 2.25. The molecule has 0 heterocycles. The Balaban J connectivity index is 2.69. The third-order valence-corrected chi connectivity index (χ3v) is 3.09. The summed E-state index contributed by atoms with van der Waals surface area (Å²) in [5.41, 5.74) is 0. The van der Waals surface area contributed by atoms with Crippen LogP contribution < -0.4 is 5.32 Å². The molecule has 96 valence electrons. The summed E-state index contributed by atoms with van der Waals surface area (Å²) in [6, 6.07) is -0.423. The van der Waals surface area contributed by atoms with Gasteiger partial charge in [0.2, 0.25) is 5.91 Å². The first-order chi connectivity index (χ1) is 8.04. The van der Waals surface area contributed by atoms with Gasteiger partial charge >= 0.3 is 5.97 Å². The Hall–Kier alpha value is -1.39. The summed E-state index contributed by atoms with van der Waals surface area (Å²) in [7, 11) is 1.30. The van der Waals surface area contributed by atoms with E-state index >= 15 is 0 Å². The second kappa shape index (κ2) is 6.37. The van der Waals surface area contributed by atoms with E-state index in [1.807, 2.05) is 0 Å². The minimum atomic E-state index is -0.423. The first-order valence-electron chi connectivity index (χ1n) is 5.91. The van der Waals surface area contributed by atoms with Gasteiger partial charge in [0.25, 0.3) is 0 Å². The number of Topliss-reactive ketones (excluding diaryl/α,β-unsaturated/α-hetero) is 1. The number of methoxy groups -OCH3 is 1. The Bertz CT molecular complexity index is 314. The fraction of sp³-hybridized carbons (Fsp3) is 0.750. The SMILES string of the molecule is COC(=O)CC(NC(C)=O)C1CCCCC1=O. The molecule has 1 N–H and O–H groups in total. The van der Waals surface area contributed by atoms with Crippen molar-refractivity contribution in [1.29, 1.82) is 0 Å². The van der Waals surface area contributed by atoms with E-state index in [1.54, 1.807) is 0 Å². The van der Waals surface area contributed by atoms with Gasteiger partial charge in [-0.25, -0.2) is 0 Å². The number of nitrogens with one attached hydrogen (secondary N) is 1. The molecule has 1 aliphatic rings. The van der Waals surface area contributed by atoms with Gasteiger partial charge in [0, 0.05) is 25.3 Å². The van der Waals surface area contributed by atoms with Crippen LogP contribution in [0.1, 0.15) is 39.0 Å². The van der Waals surface area contributed by atoms with Crippen LogP contribution in [0.2, 0.25) is 0 Å². The largest absolute Gasteiger partial charge is 0.469 e. The molecular formula is C12H19NO4. The van der Waals surface area contributed by atoms with Crippen LogP contribution in [0.3, 0.4) is 0 Å². The first kappa shape index (κ1) is 13.7. The zero-order valence-corrected chi connectivity index (χ0v) is 10.3. The van der Waals surface area contributed by atoms with Crippen molar-refractivity contribution in [2.75, 3.05) is 7.11 Å². The van der Waals surface area contributed by atoms with Crippen LogP contribution in [-0.4, -0.2) is 30.8 Å². The van der Waals surface area contributed by atoms with E-state index in [0.717, 1.165) is 19.3 Å². The van der Waals surface area contributed by atoms with Crippen LogP contribution in [0.5, 0.6) is 0 Å². The maximum atomic E-state index is 11.8. The van der Waals surface area contributed by atoms with E-state index in [1.165, 1.54) is 14.0 Å². The van der Waals surface area contributed by atoms with E-state index < -0.39 is 12.0 Å². The quantitative estimate of drug-likeness (QED) is 0.739. The van der Waals surface area contributed by atoms with E-state index in [9.17, 15) is 14.4 Å². The van der Waals surface area contributed by atoms with Crippen molar-refractivity contribution < 1.29 is 19.1 Å². The fourth-order valence-electron chi connectivity index (χ4n) is 2.25. The molecule has 0 bridgehead atoms. The van der Waals surface area contributed by atoms with Gasteiger partial charge < -0.3 is 10.1 Å². The molecule has 5 nitrogen and oxygen atoms in total. The number of ether oxygens (including phenoxy) is 1. The Morgan fingerprint density at radius 1 is 1.47 bits per heavy atom. The zero-order valence-electron chi connectivity index (χ0n) is 10.3. The number of hydrogen-bond acceptors (Lipinski definition) is 4. The Kier molecular flexibility index (Phi) is 5.12. The van der Waals surface area contributed by atoms with Crippen LogP contribution in [-0.2, 0) is 19.1 Å². The number of esters is 1. The maximum absolute atomic E-state index is 11.8. The number of amides is 1. The summed E-state index contributed by atoms with van der Waals surface area (Å²) in [5, 5.41) is 2.68. The van der Waals surface area contributed by atoms with Gasteiger partial charge in [0.15, 0.2) is 0 Å². The Labute approximate surface area is 101 Å². The standard InChI is InChI=1S/C12H19NO4/c1-8(14)13-10(7-12(16)17-2)9-5-3-4-6-11(9)15/h9-10H,3-7H2,1-2H3,(H,13,14). The highest BCUT2D eigenvalue weighted by Gasteiger charge is 2.32. The second-order valence-electron chi connectivity index (χ2n) is 4.41. The van der Waals surface area contributed by atoms with Crippen molar-refractivity contribution in [3.05, 3.63) is 0 Å². The Morgan fingerprint density at radius 2 is 2.18 bits per heavy atom. The van der Waals surface area contributed by atoms with Crippen molar-refractivity contribution in [2.45, 2.75) is 45.1 Å². The van der Waals surface area contributed by atoms with Gasteiger partial charge in [0.05, 0.1) is 13.5 Å². The number of ketones is 1. The van der Waals surface area contributed by atoms with Crippen molar-refractivity contribution in [1.82, 2.24) is 5.32 Å². The lowest BCUT2D eigenvalue weighted by Gasteiger charge is -2.28. The number of hydrogen-bond donors (Lipinski definition) is 1. The third kappa shape index (κ3) is 4.17. The molecule has 1 aliphatic carbocycles. The van der Waals surface area contributed by atoms with Crippen LogP contribution >= 0.6 is 0 Å². The van der Waals surface area contributed by atoms with E-state index in [0.29, 0.717) is 6.42 Å². The molecule has 17 heavy (non-hydrogen) atoms. The van der Waals surface area contributed by atoms with Gasteiger partial charge in [-0.1, -0.05) is 6.42 Å². The van der Waals surface area contributed by atoms with Crippen molar-refractivity contribution in [3.8, 4) is 0 Å². The van der Waals surface area contributed by atoms with Crippen LogP contribution in [0.25, 0.3) is 0 Å². The molecule has 1 saturated carbocycles. The monoisotopic (exact) mass is 241 g/mol. The zero-order chi connectivity index (χ0) is 12.8. The molecule has 0 radical (unpaired) electrons. The van der Waals surface area contributed by atoms with Crippen molar-refractivity contribution in [2.24, 2.45) is 5.92 Å². The molecule has 0 aromatic heterocycles. The third-order valence-electron chi connectivity index (χ3n) is 3.09. The van der Waals surface area contributed by atoms with Crippen LogP contribution in [0.15, 0.2) is 0 Å². The maximum Gasteiger partial charge on any atom is 0.307 e. The molecule has 1 rings (SSSR count). The summed E-state index contributed by atoms with van der Waals surface area (Å²) in [4.78, 5) is 34.2. The molecule has 2 atom stereocenters. The molecule has 0 spiro atoms. The van der Waals surface area contributed by atoms with Gasteiger partial charge in [-0.2, -0.15) is 0 Å². The number of rotatable bonds is 4. The average Bonchev–Trinajstić information content (AvgIpc) is 2.28. The van der Waals surface area contributed by atoms with E-state index in [-0.39, 0.29) is 24.0 Å². The number of carbonyl (C=O) groups excluding carboxylic acids is 3. The molecule has 2 unspecified atom stereocenters. The van der Waals surface area contributed by atoms with Gasteiger partial charge in [-0.05, 0) is 12.8 Å². The second-order valence-corrected chi connectivity index (χ2v) is 4.41. The summed E-state index contributed by atoms with van der Waals surface area (Å²) in [6.07, 6.45) is 3.21. The normalized spacial score (nSPS) is 21.8. The van der Waals surface area contributed by atoms with Crippen molar-refractivity contribution in [3.63, 3.8) is 0 Å². The van der Waals surface area contributed by atoms with Crippen molar-refractivity contribution >= 4 is 17.7 Å². The predicted molar refractivity (Wildman–Crippen MR) is 61.2 cm³/mol. The minimum absolute atomic E-state index is 0.0620. The first-order valence-corrected chi connectivity index (χ1v) is 5.91. The molecule has 1 fully saturated rings. The molecule has 0 aromatic carbocycles. The van der Waals surface area contributed by atoms with Gasteiger partial charge in [-0.15, -0.1) is 0 Å². The fourth-order valence-corrected chi connectivity index (χ4v) is 2.25. The molecule has 0 aromatic rings. The predicted octanol–water partition coefficient (Wildman–Crippen LogP) is 0.813. The average molecular weight is 241 g/mol. The topological polar surface area (TPSA) is 72.5 Å². The lowest BCUT2D eigenvalue weighted by Crippen LogP contribution is -2.45. The van der Waals surface area contributed by atoms with Gasteiger partial charge in [-0.3, -0.25) is 14.4 Å². The minimum Gasteiger partial charge on any atom is -0.469 e. The smallest absolute Gasteiger partial charge is 0.307 e. The molecule has 1 amide bonds. The van der Waals surface area contributed by atoms with Crippen LogP contribution in [0.4, 0.5) is 0 Å². The van der Waals surface area contributed by atoms with E-state index in [4.69, 9.17) is 0 Å². The molecule has 0 aliphatic heterocycles. The highest BCUT2D eigenvalue weighted by atomic mass is 16.5. The Morgan fingerprint density at radius 3 is 2.71 bits per heavy atom.